The molecule has 0 aromatic carbocycles. The molecule has 18 heavy (non-hydrogen) atoms. The van der Waals surface area contributed by atoms with Gasteiger partial charge in [-0.05, 0) is 19.3 Å². The van der Waals surface area contributed by atoms with E-state index < -0.39 is 6.04 Å². The molecule has 0 spiro atoms. The average molecular weight is 281 g/mol. The lowest BCUT2D eigenvalue weighted by Crippen LogP contribution is -2.40. The van der Waals surface area contributed by atoms with Crippen LogP contribution in [0.3, 0.4) is 0 Å². The van der Waals surface area contributed by atoms with E-state index in [1.165, 1.54) is 7.11 Å². The van der Waals surface area contributed by atoms with Crippen LogP contribution in [-0.2, 0) is 14.3 Å². The number of carbonyl (C=O) groups excluding carboxylic acids is 2. The quantitative estimate of drug-likeness (QED) is 0.494. The lowest BCUT2D eigenvalue weighted by molar-refractivity contribution is -0.140. The third kappa shape index (κ3) is 10.4. The predicted octanol–water partition coefficient (Wildman–Crippen LogP) is 1.39. The number of hydrogen-bond donors (Lipinski definition) is 2. The monoisotopic (exact) mass is 280 g/mol. The maximum Gasteiger partial charge on any atom is 0.305 e. The van der Waals surface area contributed by atoms with Gasteiger partial charge < -0.3 is 15.8 Å². The Kier molecular flexibility index (Phi) is 13.7. The molecular formula is C12H25ClN2O3. The van der Waals surface area contributed by atoms with Crippen molar-refractivity contribution in [2.24, 2.45) is 5.73 Å². The fourth-order valence-corrected chi connectivity index (χ4v) is 1.46. The Balaban J connectivity index is 0. The molecule has 1 unspecified atom stereocenters. The average Bonchev–Trinajstić information content (AvgIpc) is 2.33. The molecule has 0 saturated carbocycles. The normalized spacial score (nSPS) is 11.3. The number of unbranched alkanes of at least 4 members (excludes halogenated alkanes) is 2. The molecule has 0 aromatic heterocycles. The van der Waals surface area contributed by atoms with Crippen LogP contribution in [0.2, 0.25) is 0 Å². The first-order valence-corrected chi connectivity index (χ1v) is 6.22. The minimum atomic E-state index is -0.393. The molecular weight excluding hydrogens is 256 g/mol. The standard InChI is InChI=1S/C12H24N2O3.ClH/c1-3-7-10(13)12(16)14-9-6-4-5-8-11(15)17-2;/h10H,3-9,13H2,1-2H3,(H,14,16);1H. The zero-order valence-corrected chi connectivity index (χ0v) is 12.1. The van der Waals surface area contributed by atoms with Crippen LogP contribution in [-0.4, -0.2) is 31.6 Å². The molecule has 0 aliphatic rings. The molecule has 1 atom stereocenters. The Hall–Kier alpha value is -0.810. The molecule has 0 fully saturated rings. The summed E-state index contributed by atoms with van der Waals surface area (Å²) in [6.07, 6.45) is 4.63. The molecule has 0 radical (unpaired) electrons. The van der Waals surface area contributed by atoms with Crippen molar-refractivity contribution in [1.82, 2.24) is 5.32 Å². The Labute approximate surface area is 115 Å². The maximum atomic E-state index is 11.4. The van der Waals surface area contributed by atoms with Crippen molar-refractivity contribution >= 4 is 24.3 Å². The van der Waals surface area contributed by atoms with Crippen LogP contribution in [0.25, 0.3) is 0 Å². The van der Waals surface area contributed by atoms with E-state index in [2.05, 4.69) is 10.1 Å². The van der Waals surface area contributed by atoms with Crippen LogP contribution in [0.5, 0.6) is 0 Å². The third-order valence-corrected chi connectivity index (χ3v) is 2.52. The van der Waals surface area contributed by atoms with Crippen molar-refractivity contribution in [3.63, 3.8) is 0 Å². The number of ether oxygens (including phenoxy) is 1. The highest BCUT2D eigenvalue weighted by Gasteiger charge is 2.10. The van der Waals surface area contributed by atoms with E-state index in [1.807, 2.05) is 6.92 Å². The second-order valence-electron chi connectivity index (χ2n) is 4.07. The SMILES string of the molecule is CCCC(N)C(=O)NCCCCCC(=O)OC.Cl. The Morgan fingerprint density at radius 2 is 1.94 bits per heavy atom. The molecule has 0 bridgehead atoms. The van der Waals surface area contributed by atoms with E-state index in [4.69, 9.17) is 5.73 Å². The van der Waals surface area contributed by atoms with Crippen molar-refractivity contribution in [3.8, 4) is 0 Å². The Morgan fingerprint density at radius 3 is 2.50 bits per heavy atom. The minimum absolute atomic E-state index is 0. The van der Waals surface area contributed by atoms with Gasteiger partial charge in [-0.15, -0.1) is 12.4 Å². The predicted molar refractivity (Wildman–Crippen MR) is 73.6 cm³/mol. The van der Waals surface area contributed by atoms with Crippen molar-refractivity contribution in [1.29, 1.82) is 0 Å². The Morgan fingerprint density at radius 1 is 1.28 bits per heavy atom. The van der Waals surface area contributed by atoms with Crippen LogP contribution < -0.4 is 11.1 Å². The van der Waals surface area contributed by atoms with E-state index in [-0.39, 0.29) is 24.3 Å². The van der Waals surface area contributed by atoms with Gasteiger partial charge in [0.2, 0.25) is 5.91 Å². The lowest BCUT2D eigenvalue weighted by atomic mass is 10.1. The van der Waals surface area contributed by atoms with Crippen LogP contribution >= 0.6 is 12.4 Å². The third-order valence-electron chi connectivity index (χ3n) is 2.52. The Bertz CT molecular complexity index is 237. The largest absolute Gasteiger partial charge is 0.469 e. The maximum absolute atomic E-state index is 11.4. The van der Waals surface area contributed by atoms with Gasteiger partial charge in [0, 0.05) is 13.0 Å². The van der Waals surface area contributed by atoms with Crippen molar-refractivity contribution in [2.45, 2.75) is 51.5 Å². The summed E-state index contributed by atoms with van der Waals surface area (Å²) in [5.74, 6) is -0.265. The summed E-state index contributed by atoms with van der Waals surface area (Å²) in [6.45, 7) is 2.62. The number of carbonyl (C=O) groups is 2. The van der Waals surface area contributed by atoms with Gasteiger partial charge in [0.15, 0.2) is 0 Å². The minimum Gasteiger partial charge on any atom is -0.469 e. The summed E-state index contributed by atoms with van der Waals surface area (Å²) in [5.41, 5.74) is 5.65. The molecule has 0 saturated heterocycles. The van der Waals surface area contributed by atoms with Crippen LogP contribution in [0.15, 0.2) is 0 Å². The van der Waals surface area contributed by atoms with Crippen molar-refractivity contribution in [3.05, 3.63) is 0 Å². The zero-order chi connectivity index (χ0) is 13.1. The fraction of sp³-hybridized carbons (Fsp3) is 0.833. The molecule has 0 aliphatic carbocycles. The smallest absolute Gasteiger partial charge is 0.305 e. The summed E-state index contributed by atoms with van der Waals surface area (Å²) in [5, 5.41) is 2.79. The highest BCUT2D eigenvalue weighted by Crippen LogP contribution is 2.00. The van der Waals surface area contributed by atoms with E-state index in [1.54, 1.807) is 0 Å². The first-order valence-electron chi connectivity index (χ1n) is 6.22. The zero-order valence-electron chi connectivity index (χ0n) is 11.2. The summed E-state index contributed by atoms with van der Waals surface area (Å²) >= 11 is 0. The van der Waals surface area contributed by atoms with E-state index in [0.29, 0.717) is 19.4 Å². The number of hydrogen-bond acceptors (Lipinski definition) is 4. The highest BCUT2D eigenvalue weighted by atomic mass is 35.5. The molecule has 0 aromatic rings. The van der Waals surface area contributed by atoms with Crippen LogP contribution in [0.1, 0.15) is 45.4 Å². The highest BCUT2D eigenvalue weighted by molar-refractivity contribution is 5.85. The number of nitrogens with two attached hydrogens (primary N) is 1. The summed E-state index contributed by atoms with van der Waals surface area (Å²) in [4.78, 5) is 22.2. The van der Waals surface area contributed by atoms with Gasteiger partial charge in [-0.3, -0.25) is 9.59 Å². The number of esters is 1. The summed E-state index contributed by atoms with van der Waals surface area (Å²) < 4.78 is 4.53. The summed E-state index contributed by atoms with van der Waals surface area (Å²) in [6, 6.07) is -0.393. The van der Waals surface area contributed by atoms with Gasteiger partial charge in [-0.25, -0.2) is 0 Å². The number of halogens is 1. The van der Waals surface area contributed by atoms with E-state index in [9.17, 15) is 9.59 Å². The first-order chi connectivity index (χ1) is 8.11. The molecule has 108 valence electrons. The number of rotatable bonds is 9. The van der Waals surface area contributed by atoms with Crippen molar-refractivity contribution in [2.75, 3.05) is 13.7 Å². The second kappa shape index (κ2) is 12.6. The molecule has 1 amide bonds. The topological polar surface area (TPSA) is 81.4 Å². The van der Waals surface area contributed by atoms with Crippen LogP contribution in [0.4, 0.5) is 0 Å². The van der Waals surface area contributed by atoms with Gasteiger partial charge in [0.05, 0.1) is 13.2 Å². The second-order valence-corrected chi connectivity index (χ2v) is 4.07. The molecule has 0 rings (SSSR count). The lowest BCUT2D eigenvalue weighted by Gasteiger charge is -2.10. The number of methoxy groups -OCH3 is 1. The number of amides is 1. The van der Waals surface area contributed by atoms with Gasteiger partial charge >= 0.3 is 5.97 Å². The van der Waals surface area contributed by atoms with Gasteiger partial charge in [0.1, 0.15) is 0 Å². The van der Waals surface area contributed by atoms with Gasteiger partial charge in [-0.2, -0.15) is 0 Å². The fourth-order valence-electron chi connectivity index (χ4n) is 1.46. The van der Waals surface area contributed by atoms with Gasteiger partial charge in [-0.1, -0.05) is 19.8 Å². The van der Waals surface area contributed by atoms with E-state index in [0.717, 1.165) is 25.7 Å². The molecule has 6 heteroatoms. The summed E-state index contributed by atoms with van der Waals surface area (Å²) in [7, 11) is 1.39. The molecule has 0 aliphatic heterocycles. The molecule has 5 nitrogen and oxygen atoms in total. The number of nitrogens with one attached hydrogen (secondary N) is 1. The molecule has 0 heterocycles. The first kappa shape index (κ1) is 19.5. The van der Waals surface area contributed by atoms with Crippen LogP contribution in [0, 0.1) is 0 Å². The van der Waals surface area contributed by atoms with Gasteiger partial charge in [0.25, 0.3) is 0 Å². The van der Waals surface area contributed by atoms with E-state index >= 15 is 0 Å². The molecule has 3 N–H and O–H groups in total. The van der Waals surface area contributed by atoms with Crippen molar-refractivity contribution < 1.29 is 14.3 Å².